The Kier molecular flexibility index (Phi) is 6.91. The summed E-state index contributed by atoms with van der Waals surface area (Å²) in [6.07, 6.45) is 1.43. The number of esters is 1. The van der Waals surface area contributed by atoms with Crippen molar-refractivity contribution in [1.29, 1.82) is 0 Å². The predicted molar refractivity (Wildman–Crippen MR) is 84.5 cm³/mol. The van der Waals surface area contributed by atoms with Gasteiger partial charge in [-0.3, -0.25) is 0 Å². The number of nitrogens with zero attached hydrogens (tertiary/aromatic N) is 2. The highest BCUT2D eigenvalue weighted by molar-refractivity contribution is 5.79. The molecule has 1 aromatic rings. The van der Waals surface area contributed by atoms with Gasteiger partial charge in [-0.1, -0.05) is 20.8 Å². The van der Waals surface area contributed by atoms with Gasteiger partial charge in [0.15, 0.2) is 0 Å². The van der Waals surface area contributed by atoms with Gasteiger partial charge in [-0.05, 0) is 19.3 Å². The third kappa shape index (κ3) is 5.57. The maximum atomic E-state index is 11.9. The fourth-order valence-corrected chi connectivity index (χ4v) is 2.01. The van der Waals surface area contributed by atoms with Crippen LogP contribution in [0.4, 0.5) is 11.6 Å². The van der Waals surface area contributed by atoms with E-state index in [4.69, 9.17) is 4.74 Å². The van der Waals surface area contributed by atoms with E-state index in [-0.39, 0.29) is 5.97 Å². The van der Waals surface area contributed by atoms with Gasteiger partial charge in [-0.25, -0.2) is 14.8 Å². The zero-order valence-electron chi connectivity index (χ0n) is 13.6. The number of ether oxygens (including phenoxy) is 1. The van der Waals surface area contributed by atoms with Crippen molar-refractivity contribution in [2.24, 2.45) is 5.92 Å². The lowest BCUT2D eigenvalue weighted by atomic mass is 10.0. The van der Waals surface area contributed by atoms with E-state index in [2.05, 4.69) is 34.4 Å². The molecule has 1 unspecified atom stereocenters. The van der Waals surface area contributed by atoms with Crippen molar-refractivity contribution >= 4 is 17.6 Å². The second kappa shape index (κ2) is 8.44. The molecular formula is C15H26N4O2. The first kappa shape index (κ1) is 17.2. The molecule has 0 aromatic carbocycles. The van der Waals surface area contributed by atoms with Crippen LogP contribution in [-0.4, -0.2) is 35.6 Å². The first-order chi connectivity index (χ1) is 9.99. The molecule has 21 heavy (non-hydrogen) atoms. The number of aromatic nitrogens is 2. The third-order valence-electron chi connectivity index (χ3n) is 2.96. The summed E-state index contributed by atoms with van der Waals surface area (Å²) >= 11 is 0. The van der Waals surface area contributed by atoms with Gasteiger partial charge in [0.25, 0.3) is 0 Å². The lowest BCUT2D eigenvalue weighted by molar-refractivity contribution is -0.141. The van der Waals surface area contributed by atoms with Crippen LogP contribution in [0.25, 0.3) is 0 Å². The van der Waals surface area contributed by atoms with Gasteiger partial charge >= 0.3 is 5.97 Å². The summed E-state index contributed by atoms with van der Waals surface area (Å²) in [5.41, 5.74) is 0. The molecule has 0 radical (unpaired) electrons. The molecular weight excluding hydrogens is 268 g/mol. The number of anilines is 2. The number of methoxy groups -OCH3 is 1. The molecule has 118 valence electrons. The maximum absolute atomic E-state index is 11.9. The molecule has 6 nitrogen and oxygen atoms in total. The smallest absolute Gasteiger partial charge is 0.328 e. The minimum absolute atomic E-state index is 0.273. The number of carbonyl (C=O) groups excluding carboxylic acids is 1. The van der Waals surface area contributed by atoms with Crippen LogP contribution in [0.3, 0.4) is 0 Å². The second-order valence-corrected chi connectivity index (χ2v) is 5.29. The van der Waals surface area contributed by atoms with Crippen molar-refractivity contribution in [3.8, 4) is 0 Å². The van der Waals surface area contributed by atoms with Crippen LogP contribution < -0.4 is 10.6 Å². The first-order valence-corrected chi connectivity index (χ1v) is 7.46. The standard InChI is InChI=1S/C15H26N4O2/c1-6-12-18-13(16-7-2)9-14(19-12)17-11(8-10(3)4)15(20)21-5/h9-11H,6-8H2,1-5H3,(H2,16,17,18,19). The fourth-order valence-electron chi connectivity index (χ4n) is 2.01. The van der Waals surface area contributed by atoms with Crippen LogP contribution in [0.15, 0.2) is 6.07 Å². The summed E-state index contributed by atoms with van der Waals surface area (Å²) in [5.74, 6) is 2.26. The van der Waals surface area contributed by atoms with Crippen molar-refractivity contribution in [3.05, 3.63) is 11.9 Å². The van der Waals surface area contributed by atoms with Crippen molar-refractivity contribution in [2.75, 3.05) is 24.3 Å². The molecule has 1 heterocycles. The highest BCUT2D eigenvalue weighted by atomic mass is 16.5. The van der Waals surface area contributed by atoms with Crippen molar-refractivity contribution < 1.29 is 9.53 Å². The number of hydrogen-bond donors (Lipinski definition) is 2. The molecule has 0 saturated carbocycles. The molecule has 0 bridgehead atoms. The molecule has 0 aliphatic carbocycles. The van der Waals surface area contributed by atoms with E-state index in [1.54, 1.807) is 0 Å². The molecule has 0 aliphatic heterocycles. The van der Waals surface area contributed by atoms with Crippen molar-refractivity contribution in [3.63, 3.8) is 0 Å². The number of carbonyl (C=O) groups is 1. The molecule has 6 heteroatoms. The Morgan fingerprint density at radius 1 is 1.29 bits per heavy atom. The minimum Gasteiger partial charge on any atom is -0.467 e. The van der Waals surface area contributed by atoms with E-state index in [1.807, 2.05) is 19.9 Å². The molecule has 0 saturated heterocycles. The van der Waals surface area contributed by atoms with Crippen LogP contribution in [0, 0.1) is 5.92 Å². The summed E-state index contributed by atoms with van der Waals surface area (Å²) in [7, 11) is 1.40. The van der Waals surface area contributed by atoms with Gasteiger partial charge in [0, 0.05) is 19.0 Å². The number of nitrogens with one attached hydrogen (secondary N) is 2. The van der Waals surface area contributed by atoms with Gasteiger partial charge in [0.05, 0.1) is 7.11 Å². The monoisotopic (exact) mass is 294 g/mol. The summed E-state index contributed by atoms with van der Waals surface area (Å²) in [6, 6.07) is 1.42. The second-order valence-electron chi connectivity index (χ2n) is 5.29. The highest BCUT2D eigenvalue weighted by Gasteiger charge is 2.21. The summed E-state index contributed by atoms with van der Waals surface area (Å²) in [5, 5.41) is 6.34. The van der Waals surface area contributed by atoms with E-state index in [9.17, 15) is 4.79 Å². The lowest BCUT2D eigenvalue weighted by Crippen LogP contribution is -2.32. The topological polar surface area (TPSA) is 76.1 Å². The summed E-state index contributed by atoms with van der Waals surface area (Å²) in [4.78, 5) is 20.7. The number of hydrogen-bond acceptors (Lipinski definition) is 6. The van der Waals surface area contributed by atoms with Crippen molar-refractivity contribution in [1.82, 2.24) is 9.97 Å². The van der Waals surface area contributed by atoms with E-state index >= 15 is 0 Å². The maximum Gasteiger partial charge on any atom is 0.328 e. The molecule has 1 rings (SSSR count). The van der Waals surface area contributed by atoms with E-state index in [1.165, 1.54) is 7.11 Å². The zero-order chi connectivity index (χ0) is 15.8. The van der Waals surface area contributed by atoms with Gasteiger partial charge in [0.1, 0.15) is 23.5 Å². The Balaban J connectivity index is 2.95. The van der Waals surface area contributed by atoms with E-state index in [0.29, 0.717) is 18.2 Å². The Bertz CT molecular complexity index is 463. The van der Waals surface area contributed by atoms with Crippen LogP contribution in [0.5, 0.6) is 0 Å². The molecule has 1 atom stereocenters. The third-order valence-corrected chi connectivity index (χ3v) is 2.96. The largest absolute Gasteiger partial charge is 0.467 e. The fraction of sp³-hybridized carbons (Fsp3) is 0.667. The normalized spacial score (nSPS) is 12.1. The van der Waals surface area contributed by atoms with Gasteiger partial charge in [-0.15, -0.1) is 0 Å². The van der Waals surface area contributed by atoms with Gasteiger partial charge < -0.3 is 15.4 Å². The zero-order valence-corrected chi connectivity index (χ0v) is 13.6. The van der Waals surface area contributed by atoms with Crippen LogP contribution >= 0.6 is 0 Å². The summed E-state index contributed by atoms with van der Waals surface area (Å²) in [6.45, 7) is 8.93. The molecule has 0 fully saturated rings. The SMILES string of the molecule is CCNc1cc(NC(CC(C)C)C(=O)OC)nc(CC)n1. The van der Waals surface area contributed by atoms with Crippen LogP contribution in [0.2, 0.25) is 0 Å². The summed E-state index contributed by atoms with van der Waals surface area (Å²) < 4.78 is 4.86. The van der Waals surface area contributed by atoms with Gasteiger partial charge in [-0.2, -0.15) is 0 Å². The Morgan fingerprint density at radius 2 is 1.95 bits per heavy atom. The van der Waals surface area contributed by atoms with E-state index < -0.39 is 6.04 Å². The minimum atomic E-state index is -0.399. The Morgan fingerprint density at radius 3 is 2.48 bits per heavy atom. The molecule has 0 amide bonds. The van der Waals surface area contributed by atoms with Gasteiger partial charge in [0.2, 0.25) is 0 Å². The quantitative estimate of drug-likeness (QED) is 0.717. The van der Waals surface area contributed by atoms with E-state index in [0.717, 1.165) is 24.6 Å². The molecule has 0 spiro atoms. The van der Waals surface area contributed by atoms with Crippen molar-refractivity contribution in [2.45, 2.75) is 46.6 Å². The number of aryl methyl sites for hydroxylation is 1. The first-order valence-electron chi connectivity index (χ1n) is 7.46. The Hall–Kier alpha value is -1.85. The Labute approximate surface area is 126 Å². The average Bonchev–Trinajstić information content (AvgIpc) is 2.45. The highest BCUT2D eigenvalue weighted by Crippen LogP contribution is 2.16. The molecule has 2 N–H and O–H groups in total. The lowest BCUT2D eigenvalue weighted by Gasteiger charge is -2.19. The molecule has 1 aromatic heterocycles. The average molecular weight is 294 g/mol. The van der Waals surface area contributed by atoms with Crippen LogP contribution in [-0.2, 0) is 16.0 Å². The number of rotatable bonds is 8. The van der Waals surface area contributed by atoms with Crippen LogP contribution in [0.1, 0.15) is 39.9 Å². The molecule has 0 aliphatic rings. The predicted octanol–water partition coefficient (Wildman–Crippen LogP) is 2.47.